The van der Waals surface area contributed by atoms with Gasteiger partial charge >= 0.3 is 11.9 Å². The highest BCUT2D eigenvalue weighted by molar-refractivity contribution is 7.16. The maximum atomic E-state index is 11.3. The summed E-state index contributed by atoms with van der Waals surface area (Å²) in [5, 5.41) is 9.45. The van der Waals surface area contributed by atoms with Crippen LogP contribution in [-0.4, -0.2) is 30.3 Å². The molecular formula is C10H12O5S. The van der Waals surface area contributed by atoms with Gasteiger partial charge in [-0.2, -0.15) is 0 Å². The van der Waals surface area contributed by atoms with Gasteiger partial charge in [-0.3, -0.25) is 0 Å². The van der Waals surface area contributed by atoms with Crippen molar-refractivity contribution in [3.63, 3.8) is 0 Å². The summed E-state index contributed by atoms with van der Waals surface area (Å²) in [4.78, 5) is 22.9. The lowest BCUT2D eigenvalue weighted by Gasteiger charge is -1.98. The second kappa shape index (κ2) is 5.50. The average molecular weight is 244 g/mol. The van der Waals surface area contributed by atoms with Crippen LogP contribution in [0.15, 0.2) is 6.07 Å². The number of hydrogen-bond acceptors (Lipinski definition) is 6. The molecule has 88 valence electrons. The van der Waals surface area contributed by atoms with Crippen LogP contribution in [0.2, 0.25) is 0 Å². The summed E-state index contributed by atoms with van der Waals surface area (Å²) in [5.74, 6) is -1.45. The maximum Gasteiger partial charge on any atom is 0.352 e. The van der Waals surface area contributed by atoms with E-state index in [1.54, 1.807) is 13.8 Å². The SMILES string of the molecule is CCOC(=O)c1cc(O)c(C(=O)OCC)s1. The third kappa shape index (κ3) is 2.73. The molecule has 0 bridgehead atoms. The van der Waals surface area contributed by atoms with Crippen LogP contribution in [0.4, 0.5) is 0 Å². The minimum Gasteiger partial charge on any atom is -0.506 e. The molecule has 16 heavy (non-hydrogen) atoms. The van der Waals surface area contributed by atoms with Crippen molar-refractivity contribution >= 4 is 23.3 Å². The standard InChI is InChI=1S/C10H12O5S/c1-3-14-9(12)7-5-6(11)8(16-7)10(13)15-4-2/h5,11H,3-4H2,1-2H3. The summed E-state index contributed by atoms with van der Waals surface area (Å²) in [6.45, 7) is 3.80. The molecular weight excluding hydrogens is 232 g/mol. The van der Waals surface area contributed by atoms with E-state index in [9.17, 15) is 14.7 Å². The lowest BCUT2D eigenvalue weighted by Crippen LogP contribution is -2.03. The highest BCUT2D eigenvalue weighted by Crippen LogP contribution is 2.29. The fourth-order valence-corrected chi connectivity index (χ4v) is 1.87. The minimum atomic E-state index is -0.638. The zero-order chi connectivity index (χ0) is 12.1. The monoisotopic (exact) mass is 244 g/mol. The molecule has 0 radical (unpaired) electrons. The lowest BCUT2D eigenvalue weighted by molar-refractivity contribution is 0.0522. The Morgan fingerprint density at radius 1 is 1.25 bits per heavy atom. The van der Waals surface area contributed by atoms with Crippen molar-refractivity contribution in [3.8, 4) is 5.75 Å². The van der Waals surface area contributed by atoms with Crippen LogP contribution in [0.3, 0.4) is 0 Å². The normalized spacial score (nSPS) is 9.88. The quantitative estimate of drug-likeness (QED) is 0.818. The fraction of sp³-hybridized carbons (Fsp3) is 0.400. The van der Waals surface area contributed by atoms with Crippen molar-refractivity contribution in [1.29, 1.82) is 0 Å². The van der Waals surface area contributed by atoms with Gasteiger partial charge in [0.25, 0.3) is 0 Å². The number of hydrogen-bond donors (Lipinski definition) is 1. The van der Waals surface area contributed by atoms with Gasteiger partial charge < -0.3 is 14.6 Å². The minimum absolute atomic E-state index is 0.0184. The largest absolute Gasteiger partial charge is 0.506 e. The summed E-state index contributed by atoms with van der Waals surface area (Å²) in [6, 6.07) is 1.20. The molecule has 0 aliphatic heterocycles. The Hall–Kier alpha value is -1.56. The second-order valence-electron chi connectivity index (χ2n) is 2.77. The molecule has 0 fully saturated rings. The first-order valence-electron chi connectivity index (χ1n) is 4.77. The molecule has 0 saturated carbocycles. The lowest BCUT2D eigenvalue weighted by atomic mass is 10.4. The zero-order valence-electron chi connectivity index (χ0n) is 8.98. The Kier molecular flexibility index (Phi) is 4.30. The van der Waals surface area contributed by atoms with Crippen molar-refractivity contribution in [2.75, 3.05) is 13.2 Å². The third-order valence-corrected chi connectivity index (χ3v) is 2.73. The van der Waals surface area contributed by atoms with E-state index < -0.39 is 11.9 Å². The Morgan fingerprint density at radius 2 is 1.81 bits per heavy atom. The van der Waals surface area contributed by atoms with Crippen LogP contribution in [0.1, 0.15) is 33.2 Å². The van der Waals surface area contributed by atoms with Gasteiger partial charge in [0.1, 0.15) is 10.6 Å². The first kappa shape index (κ1) is 12.5. The summed E-state index contributed by atoms with van der Waals surface area (Å²) >= 11 is 0.857. The van der Waals surface area contributed by atoms with Crippen LogP contribution in [0.5, 0.6) is 5.75 Å². The molecule has 0 aliphatic carbocycles. The van der Waals surface area contributed by atoms with Gasteiger partial charge in [-0.15, -0.1) is 11.3 Å². The van der Waals surface area contributed by atoms with Gasteiger partial charge in [0.15, 0.2) is 4.88 Å². The van der Waals surface area contributed by atoms with E-state index in [0.717, 1.165) is 11.3 Å². The zero-order valence-corrected chi connectivity index (χ0v) is 9.80. The highest BCUT2D eigenvalue weighted by atomic mass is 32.1. The number of thiophene rings is 1. The molecule has 5 nitrogen and oxygen atoms in total. The van der Waals surface area contributed by atoms with Crippen LogP contribution >= 0.6 is 11.3 Å². The topological polar surface area (TPSA) is 72.8 Å². The Bertz CT molecular complexity index is 396. The smallest absolute Gasteiger partial charge is 0.352 e. The van der Waals surface area contributed by atoms with E-state index in [1.807, 2.05) is 0 Å². The first-order valence-corrected chi connectivity index (χ1v) is 5.58. The molecule has 1 heterocycles. The van der Waals surface area contributed by atoms with Gasteiger partial charge in [-0.1, -0.05) is 0 Å². The van der Waals surface area contributed by atoms with Gasteiger partial charge in [-0.05, 0) is 13.8 Å². The fourth-order valence-electron chi connectivity index (χ4n) is 1.03. The van der Waals surface area contributed by atoms with Crippen LogP contribution in [-0.2, 0) is 9.47 Å². The predicted molar refractivity (Wildman–Crippen MR) is 57.9 cm³/mol. The molecule has 6 heteroatoms. The van der Waals surface area contributed by atoms with E-state index >= 15 is 0 Å². The molecule has 0 unspecified atom stereocenters. The second-order valence-corrected chi connectivity index (χ2v) is 3.82. The predicted octanol–water partition coefficient (Wildman–Crippen LogP) is 1.81. The molecule has 0 saturated heterocycles. The molecule has 0 amide bonds. The van der Waals surface area contributed by atoms with E-state index in [4.69, 9.17) is 9.47 Å². The molecule has 0 atom stereocenters. The molecule has 0 aliphatic rings. The van der Waals surface area contributed by atoms with Crippen molar-refractivity contribution in [3.05, 3.63) is 15.8 Å². The Balaban J connectivity index is 2.89. The van der Waals surface area contributed by atoms with Crippen molar-refractivity contribution in [2.24, 2.45) is 0 Å². The van der Waals surface area contributed by atoms with E-state index in [2.05, 4.69) is 0 Å². The Labute approximate surface area is 96.6 Å². The molecule has 1 aromatic rings. The van der Waals surface area contributed by atoms with E-state index in [1.165, 1.54) is 6.07 Å². The number of rotatable bonds is 4. The Morgan fingerprint density at radius 3 is 2.38 bits per heavy atom. The van der Waals surface area contributed by atoms with Crippen LogP contribution in [0, 0.1) is 0 Å². The van der Waals surface area contributed by atoms with E-state index in [0.29, 0.717) is 0 Å². The summed E-state index contributed by atoms with van der Waals surface area (Å²) < 4.78 is 9.47. The highest BCUT2D eigenvalue weighted by Gasteiger charge is 2.20. The van der Waals surface area contributed by atoms with Crippen LogP contribution in [0.25, 0.3) is 0 Å². The number of ether oxygens (including phenoxy) is 2. The number of esters is 2. The molecule has 1 rings (SSSR count). The number of aromatic hydroxyl groups is 1. The molecule has 0 spiro atoms. The third-order valence-electron chi connectivity index (χ3n) is 1.65. The molecule has 1 aromatic heterocycles. The summed E-state index contributed by atoms with van der Waals surface area (Å²) in [7, 11) is 0. The summed E-state index contributed by atoms with van der Waals surface area (Å²) in [6.07, 6.45) is 0. The molecule has 0 aromatic carbocycles. The first-order chi connectivity index (χ1) is 7.60. The average Bonchev–Trinajstić information content (AvgIpc) is 2.61. The number of carbonyl (C=O) groups excluding carboxylic acids is 2. The van der Waals surface area contributed by atoms with Gasteiger partial charge in [0, 0.05) is 6.07 Å². The van der Waals surface area contributed by atoms with Crippen molar-refractivity contribution in [2.45, 2.75) is 13.8 Å². The van der Waals surface area contributed by atoms with E-state index in [-0.39, 0.29) is 28.7 Å². The van der Waals surface area contributed by atoms with Gasteiger partial charge in [-0.25, -0.2) is 9.59 Å². The van der Waals surface area contributed by atoms with Gasteiger partial charge in [0.2, 0.25) is 0 Å². The number of carbonyl (C=O) groups is 2. The van der Waals surface area contributed by atoms with Crippen molar-refractivity contribution in [1.82, 2.24) is 0 Å². The van der Waals surface area contributed by atoms with Gasteiger partial charge in [0.05, 0.1) is 13.2 Å². The van der Waals surface area contributed by atoms with Crippen molar-refractivity contribution < 1.29 is 24.2 Å². The van der Waals surface area contributed by atoms with Crippen LogP contribution < -0.4 is 0 Å². The maximum absolute atomic E-state index is 11.3. The molecule has 1 N–H and O–H groups in total. The summed E-state index contributed by atoms with van der Waals surface area (Å²) in [5.41, 5.74) is 0.